The molecule has 6 nitrogen and oxygen atoms in total. The molecule has 1 aliphatic rings. The molecule has 94 valence electrons. The molecule has 17 heavy (non-hydrogen) atoms. The van der Waals surface area contributed by atoms with Gasteiger partial charge in [-0.05, 0) is 25.7 Å². The first-order chi connectivity index (χ1) is 8.13. The summed E-state index contributed by atoms with van der Waals surface area (Å²) < 4.78 is 1.52. The van der Waals surface area contributed by atoms with E-state index in [1.165, 1.54) is 4.68 Å². The van der Waals surface area contributed by atoms with Gasteiger partial charge in [-0.1, -0.05) is 0 Å². The smallest absolute Gasteiger partial charge is 0.239 e. The van der Waals surface area contributed by atoms with Crippen molar-refractivity contribution in [2.24, 2.45) is 5.73 Å². The first-order valence-corrected chi connectivity index (χ1v) is 5.89. The van der Waals surface area contributed by atoms with E-state index in [4.69, 9.17) is 5.73 Å². The maximum absolute atomic E-state index is 10.7. The van der Waals surface area contributed by atoms with Gasteiger partial charge in [-0.3, -0.25) is 9.48 Å². The lowest BCUT2D eigenvalue weighted by Gasteiger charge is -2.26. The van der Waals surface area contributed by atoms with Crippen molar-refractivity contribution in [3.63, 3.8) is 0 Å². The Morgan fingerprint density at radius 3 is 2.88 bits per heavy atom. The van der Waals surface area contributed by atoms with Gasteiger partial charge in [0.25, 0.3) is 0 Å². The molecular formula is C11H18N4O2. The van der Waals surface area contributed by atoms with Crippen molar-refractivity contribution in [1.29, 1.82) is 0 Å². The van der Waals surface area contributed by atoms with Crippen molar-refractivity contribution in [2.45, 2.75) is 44.4 Å². The average Bonchev–Trinajstić information content (AvgIpc) is 2.68. The second kappa shape index (κ2) is 5.18. The summed E-state index contributed by atoms with van der Waals surface area (Å²) in [6, 6.07) is 0.379. The standard InChI is InChI=1S/C11H18N4O2/c12-11(17)7-15-6-9(5-13-15)14-8-1-3-10(16)4-2-8/h5-6,8,10,14,16H,1-4,7H2,(H2,12,17). The fourth-order valence-electron chi connectivity index (χ4n) is 2.14. The van der Waals surface area contributed by atoms with Gasteiger partial charge in [0.2, 0.25) is 5.91 Å². The highest BCUT2D eigenvalue weighted by Gasteiger charge is 2.19. The second-order valence-corrected chi connectivity index (χ2v) is 4.54. The lowest BCUT2D eigenvalue weighted by Crippen LogP contribution is -2.28. The van der Waals surface area contributed by atoms with Crippen molar-refractivity contribution < 1.29 is 9.90 Å². The molecule has 0 aromatic carbocycles. The third-order valence-corrected chi connectivity index (χ3v) is 3.02. The summed E-state index contributed by atoms with van der Waals surface area (Å²) in [5.74, 6) is -0.402. The Morgan fingerprint density at radius 1 is 1.53 bits per heavy atom. The van der Waals surface area contributed by atoms with Crippen LogP contribution in [0.25, 0.3) is 0 Å². The zero-order valence-electron chi connectivity index (χ0n) is 9.67. The van der Waals surface area contributed by atoms with Crippen LogP contribution >= 0.6 is 0 Å². The zero-order valence-corrected chi connectivity index (χ0v) is 9.67. The minimum Gasteiger partial charge on any atom is -0.393 e. The van der Waals surface area contributed by atoms with Gasteiger partial charge in [0, 0.05) is 12.2 Å². The van der Waals surface area contributed by atoms with Crippen LogP contribution in [0.2, 0.25) is 0 Å². The number of primary amides is 1. The number of aliphatic hydroxyl groups excluding tert-OH is 1. The SMILES string of the molecule is NC(=O)Cn1cc(NC2CCC(O)CC2)cn1. The highest BCUT2D eigenvalue weighted by molar-refractivity contribution is 5.73. The van der Waals surface area contributed by atoms with Gasteiger partial charge in [-0.15, -0.1) is 0 Å². The number of carbonyl (C=O) groups excluding carboxylic acids is 1. The van der Waals surface area contributed by atoms with E-state index < -0.39 is 5.91 Å². The molecule has 0 aliphatic heterocycles. The lowest BCUT2D eigenvalue weighted by molar-refractivity contribution is -0.118. The largest absolute Gasteiger partial charge is 0.393 e. The fraction of sp³-hybridized carbons (Fsp3) is 0.636. The second-order valence-electron chi connectivity index (χ2n) is 4.54. The predicted octanol–water partition coefficient (Wildman–Crippen LogP) is 0.0838. The van der Waals surface area contributed by atoms with E-state index >= 15 is 0 Å². The third kappa shape index (κ3) is 3.45. The molecule has 1 amide bonds. The molecule has 0 saturated heterocycles. The number of nitrogens with one attached hydrogen (secondary N) is 1. The molecule has 2 rings (SSSR count). The number of nitrogens with zero attached hydrogens (tertiary/aromatic N) is 2. The molecule has 1 fully saturated rings. The van der Waals surface area contributed by atoms with Gasteiger partial charge >= 0.3 is 0 Å². The normalized spacial score (nSPS) is 24.5. The summed E-state index contributed by atoms with van der Waals surface area (Å²) in [5.41, 5.74) is 5.98. The van der Waals surface area contributed by atoms with E-state index in [1.807, 2.05) is 0 Å². The maximum atomic E-state index is 10.7. The zero-order chi connectivity index (χ0) is 12.3. The van der Waals surface area contributed by atoms with E-state index in [2.05, 4.69) is 10.4 Å². The van der Waals surface area contributed by atoms with Crippen LogP contribution in [-0.2, 0) is 11.3 Å². The quantitative estimate of drug-likeness (QED) is 0.692. The van der Waals surface area contributed by atoms with E-state index in [9.17, 15) is 9.90 Å². The number of aromatic nitrogens is 2. The van der Waals surface area contributed by atoms with Gasteiger partial charge in [0.05, 0.1) is 18.0 Å². The van der Waals surface area contributed by atoms with Gasteiger partial charge in [0.15, 0.2) is 0 Å². The van der Waals surface area contributed by atoms with Crippen LogP contribution < -0.4 is 11.1 Å². The molecular weight excluding hydrogens is 220 g/mol. The van der Waals surface area contributed by atoms with Crippen LogP contribution in [0, 0.1) is 0 Å². The molecule has 0 unspecified atom stereocenters. The van der Waals surface area contributed by atoms with Crippen LogP contribution in [0.3, 0.4) is 0 Å². The molecule has 0 radical (unpaired) electrons. The number of carbonyl (C=O) groups is 1. The van der Waals surface area contributed by atoms with Crippen molar-refractivity contribution in [3.8, 4) is 0 Å². The van der Waals surface area contributed by atoms with E-state index in [-0.39, 0.29) is 12.6 Å². The first-order valence-electron chi connectivity index (χ1n) is 5.89. The highest BCUT2D eigenvalue weighted by Crippen LogP contribution is 2.21. The van der Waals surface area contributed by atoms with Gasteiger partial charge < -0.3 is 16.2 Å². The Hall–Kier alpha value is -1.56. The molecule has 1 aliphatic carbocycles. The molecule has 4 N–H and O–H groups in total. The van der Waals surface area contributed by atoms with E-state index in [1.54, 1.807) is 12.4 Å². The minimum absolute atomic E-state index is 0.102. The number of rotatable bonds is 4. The molecule has 0 spiro atoms. The first kappa shape index (κ1) is 11.9. The van der Waals surface area contributed by atoms with Crippen LogP contribution in [0.5, 0.6) is 0 Å². The monoisotopic (exact) mass is 238 g/mol. The summed E-state index contributed by atoms with van der Waals surface area (Å²) in [4.78, 5) is 10.7. The number of nitrogens with two attached hydrogens (primary N) is 1. The summed E-state index contributed by atoms with van der Waals surface area (Å²) >= 11 is 0. The molecule has 0 bridgehead atoms. The Kier molecular flexibility index (Phi) is 3.63. The Balaban J connectivity index is 1.86. The lowest BCUT2D eigenvalue weighted by atomic mass is 9.93. The summed E-state index contributed by atoms with van der Waals surface area (Å²) in [6.07, 6.45) is 6.92. The average molecular weight is 238 g/mol. The molecule has 1 heterocycles. The predicted molar refractivity (Wildman–Crippen MR) is 63.3 cm³/mol. The summed E-state index contributed by atoms with van der Waals surface area (Å²) in [5, 5.41) is 16.8. The maximum Gasteiger partial charge on any atom is 0.239 e. The van der Waals surface area contributed by atoms with Crippen molar-refractivity contribution in [3.05, 3.63) is 12.4 Å². The number of anilines is 1. The van der Waals surface area contributed by atoms with Gasteiger partial charge in [0.1, 0.15) is 6.54 Å². The molecule has 1 saturated carbocycles. The van der Waals surface area contributed by atoms with Crippen molar-refractivity contribution >= 4 is 11.6 Å². The van der Waals surface area contributed by atoms with Gasteiger partial charge in [-0.2, -0.15) is 5.10 Å². The topological polar surface area (TPSA) is 93.2 Å². The minimum atomic E-state index is -0.402. The Morgan fingerprint density at radius 2 is 2.24 bits per heavy atom. The molecule has 1 aromatic heterocycles. The van der Waals surface area contributed by atoms with Crippen LogP contribution in [-0.4, -0.2) is 32.9 Å². The fourth-order valence-corrected chi connectivity index (χ4v) is 2.14. The molecule has 0 atom stereocenters. The molecule has 1 aromatic rings. The third-order valence-electron chi connectivity index (χ3n) is 3.02. The van der Waals surface area contributed by atoms with Gasteiger partial charge in [-0.25, -0.2) is 0 Å². The van der Waals surface area contributed by atoms with E-state index in [0.29, 0.717) is 6.04 Å². The number of amides is 1. The van der Waals surface area contributed by atoms with Crippen LogP contribution in [0.1, 0.15) is 25.7 Å². The summed E-state index contributed by atoms with van der Waals surface area (Å²) in [7, 11) is 0. The van der Waals surface area contributed by atoms with Crippen LogP contribution in [0.15, 0.2) is 12.4 Å². The molecule has 6 heteroatoms. The summed E-state index contributed by atoms with van der Waals surface area (Å²) in [6.45, 7) is 0.102. The number of hydrogen-bond donors (Lipinski definition) is 3. The Bertz CT molecular complexity index is 383. The van der Waals surface area contributed by atoms with E-state index in [0.717, 1.165) is 31.4 Å². The number of hydrogen-bond acceptors (Lipinski definition) is 4. The highest BCUT2D eigenvalue weighted by atomic mass is 16.3. The van der Waals surface area contributed by atoms with Crippen LogP contribution in [0.4, 0.5) is 5.69 Å². The van der Waals surface area contributed by atoms with Crippen molar-refractivity contribution in [2.75, 3.05) is 5.32 Å². The number of aliphatic hydroxyl groups is 1. The Labute approximate surface area is 99.8 Å². The van der Waals surface area contributed by atoms with Crippen molar-refractivity contribution in [1.82, 2.24) is 9.78 Å².